The van der Waals surface area contributed by atoms with E-state index in [0.717, 1.165) is 0 Å². The molecule has 1 amide bonds. The van der Waals surface area contributed by atoms with Gasteiger partial charge in [-0.05, 0) is 18.1 Å². The zero-order valence-corrected chi connectivity index (χ0v) is 8.82. The fraction of sp³-hybridized carbons (Fsp3) is 0.889. The SMILES string of the molecule is CC1(C)SCCC1C1COC(=O)N1. The van der Waals surface area contributed by atoms with Gasteiger partial charge in [-0.15, -0.1) is 0 Å². The molecule has 0 aliphatic carbocycles. The van der Waals surface area contributed by atoms with Crippen molar-refractivity contribution in [3.05, 3.63) is 0 Å². The van der Waals surface area contributed by atoms with Crippen LogP contribution >= 0.6 is 11.8 Å². The van der Waals surface area contributed by atoms with E-state index in [2.05, 4.69) is 19.2 Å². The summed E-state index contributed by atoms with van der Waals surface area (Å²) in [6.07, 6.45) is 0.934. The lowest BCUT2D eigenvalue weighted by atomic mass is 9.86. The lowest BCUT2D eigenvalue weighted by molar-refractivity contribution is 0.174. The fourth-order valence-electron chi connectivity index (χ4n) is 2.21. The van der Waals surface area contributed by atoms with Crippen molar-refractivity contribution in [3.8, 4) is 0 Å². The highest BCUT2D eigenvalue weighted by molar-refractivity contribution is 8.00. The number of alkyl carbamates (subject to hydrolysis) is 1. The molecule has 2 aliphatic heterocycles. The number of hydrogen-bond acceptors (Lipinski definition) is 3. The molecule has 2 aliphatic rings. The molecule has 0 aromatic rings. The molecule has 2 fully saturated rings. The summed E-state index contributed by atoms with van der Waals surface area (Å²) in [7, 11) is 0. The van der Waals surface area contributed by atoms with Gasteiger partial charge in [-0.3, -0.25) is 0 Å². The largest absolute Gasteiger partial charge is 0.447 e. The van der Waals surface area contributed by atoms with Crippen LogP contribution in [-0.4, -0.2) is 29.2 Å². The quantitative estimate of drug-likeness (QED) is 0.700. The molecule has 2 atom stereocenters. The Morgan fingerprint density at radius 2 is 2.38 bits per heavy atom. The van der Waals surface area contributed by atoms with Gasteiger partial charge in [-0.25, -0.2) is 4.79 Å². The monoisotopic (exact) mass is 201 g/mol. The minimum atomic E-state index is -0.252. The number of carbonyl (C=O) groups is 1. The van der Waals surface area contributed by atoms with Crippen LogP contribution in [0.3, 0.4) is 0 Å². The van der Waals surface area contributed by atoms with Crippen LogP contribution in [0, 0.1) is 5.92 Å². The first-order valence-electron chi connectivity index (χ1n) is 4.67. The van der Waals surface area contributed by atoms with E-state index in [-0.39, 0.29) is 16.9 Å². The first kappa shape index (κ1) is 9.19. The lowest BCUT2D eigenvalue weighted by Gasteiger charge is -2.29. The van der Waals surface area contributed by atoms with Crippen molar-refractivity contribution in [2.24, 2.45) is 5.92 Å². The maximum absolute atomic E-state index is 10.9. The highest BCUT2D eigenvalue weighted by Gasteiger charge is 2.43. The summed E-state index contributed by atoms with van der Waals surface area (Å²) in [6, 6.07) is 0.234. The zero-order valence-electron chi connectivity index (χ0n) is 8.00. The van der Waals surface area contributed by atoms with Gasteiger partial charge in [0, 0.05) is 4.75 Å². The van der Waals surface area contributed by atoms with E-state index in [1.54, 1.807) is 0 Å². The number of amides is 1. The van der Waals surface area contributed by atoms with Crippen LogP contribution in [0.2, 0.25) is 0 Å². The van der Waals surface area contributed by atoms with E-state index in [0.29, 0.717) is 12.5 Å². The van der Waals surface area contributed by atoms with Crippen molar-refractivity contribution in [2.45, 2.75) is 31.1 Å². The van der Waals surface area contributed by atoms with Gasteiger partial charge < -0.3 is 10.1 Å². The van der Waals surface area contributed by atoms with Gasteiger partial charge in [-0.1, -0.05) is 13.8 Å². The van der Waals surface area contributed by atoms with E-state index in [4.69, 9.17) is 4.74 Å². The third-order valence-electron chi connectivity index (χ3n) is 2.98. The van der Waals surface area contributed by atoms with Gasteiger partial charge in [-0.2, -0.15) is 11.8 Å². The molecule has 2 saturated heterocycles. The van der Waals surface area contributed by atoms with Crippen LogP contribution in [-0.2, 0) is 4.74 Å². The summed E-state index contributed by atoms with van der Waals surface area (Å²) in [6.45, 7) is 5.05. The van der Waals surface area contributed by atoms with E-state index >= 15 is 0 Å². The predicted molar refractivity (Wildman–Crippen MR) is 52.9 cm³/mol. The van der Waals surface area contributed by atoms with Crippen molar-refractivity contribution in [2.75, 3.05) is 12.4 Å². The Balaban J connectivity index is 2.04. The fourth-order valence-corrected chi connectivity index (χ4v) is 3.60. The van der Waals surface area contributed by atoms with Crippen molar-refractivity contribution in [1.82, 2.24) is 5.32 Å². The molecule has 2 unspecified atom stereocenters. The summed E-state index contributed by atoms with van der Waals surface area (Å²) >= 11 is 1.99. The summed E-state index contributed by atoms with van der Waals surface area (Å²) in [4.78, 5) is 10.9. The first-order chi connectivity index (χ1) is 6.09. The highest BCUT2D eigenvalue weighted by atomic mass is 32.2. The smallest absolute Gasteiger partial charge is 0.407 e. The van der Waals surface area contributed by atoms with Crippen LogP contribution < -0.4 is 5.32 Å². The molecule has 0 saturated carbocycles. The van der Waals surface area contributed by atoms with E-state index in [1.807, 2.05) is 11.8 Å². The Morgan fingerprint density at radius 3 is 2.85 bits per heavy atom. The molecule has 74 valence electrons. The molecule has 0 radical (unpaired) electrons. The minimum absolute atomic E-state index is 0.234. The van der Waals surface area contributed by atoms with Crippen LogP contribution in [0.4, 0.5) is 4.79 Å². The summed E-state index contributed by atoms with van der Waals surface area (Å²) in [5.74, 6) is 1.76. The maximum Gasteiger partial charge on any atom is 0.407 e. The Labute approximate surface area is 82.6 Å². The molecular weight excluding hydrogens is 186 g/mol. The summed E-state index contributed by atoms with van der Waals surface area (Å²) in [5, 5.41) is 2.88. The first-order valence-corrected chi connectivity index (χ1v) is 5.65. The Hall–Kier alpha value is -0.380. The normalized spacial score (nSPS) is 37.2. The predicted octanol–water partition coefficient (Wildman–Crippen LogP) is 1.63. The highest BCUT2D eigenvalue weighted by Crippen LogP contribution is 2.44. The molecule has 1 N–H and O–H groups in total. The van der Waals surface area contributed by atoms with Gasteiger partial charge in [0.25, 0.3) is 0 Å². The van der Waals surface area contributed by atoms with Crippen LogP contribution in [0.15, 0.2) is 0 Å². The van der Waals surface area contributed by atoms with Crippen molar-refractivity contribution < 1.29 is 9.53 Å². The van der Waals surface area contributed by atoms with Gasteiger partial charge in [0.05, 0.1) is 6.04 Å². The third kappa shape index (κ3) is 1.64. The number of nitrogens with one attached hydrogen (secondary N) is 1. The molecule has 0 spiro atoms. The standard InChI is InChI=1S/C9H15NO2S/c1-9(2)6(3-4-13-9)7-5-12-8(11)10-7/h6-7H,3-5H2,1-2H3,(H,10,11). The summed E-state index contributed by atoms with van der Waals surface area (Å²) < 4.78 is 5.20. The number of carbonyl (C=O) groups excluding carboxylic acids is 1. The number of ether oxygens (including phenoxy) is 1. The minimum Gasteiger partial charge on any atom is -0.447 e. The van der Waals surface area contributed by atoms with Crippen LogP contribution in [0.5, 0.6) is 0 Å². The van der Waals surface area contributed by atoms with Crippen molar-refractivity contribution >= 4 is 17.9 Å². The van der Waals surface area contributed by atoms with Crippen molar-refractivity contribution in [3.63, 3.8) is 0 Å². The van der Waals surface area contributed by atoms with Gasteiger partial charge in [0.1, 0.15) is 6.61 Å². The van der Waals surface area contributed by atoms with Gasteiger partial charge in [0.15, 0.2) is 0 Å². The number of hydrogen-bond donors (Lipinski definition) is 1. The molecule has 13 heavy (non-hydrogen) atoms. The molecular formula is C9H15NO2S. The second-order valence-electron chi connectivity index (χ2n) is 4.20. The topological polar surface area (TPSA) is 38.3 Å². The lowest BCUT2D eigenvalue weighted by Crippen LogP contribution is -2.41. The summed E-state index contributed by atoms with van der Waals surface area (Å²) in [5.41, 5.74) is 0. The zero-order chi connectivity index (χ0) is 9.47. The molecule has 3 nitrogen and oxygen atoms in total. The van der Waals surface area contributed by atoms with Gasteiger partial charge >= 0.3 is 6.09 Å². The Bertz CT molecular complexity index is 230. The molecule has 0 aromatic carbocycles. The van der Waals surface area contributed by atoms with Gasteiger partial charge in [0.2, 0.25) is 0 Å². The molecule has 0 bridgehead atoms. The second kappa shape index (κ2) is 3.08. The number of rotatable bonds is 1. The van der Waals surface area contributed by atoms with Crippen molar-refractivity contribution in [1.29, 1.82) is 0 Å². The third-order valence-corrected chi connectivity index (χ3v) is 4.47. The van der Waals surface area contributed by atoms with E-state index in [9.17, 15) is 4.79 Å². The van der Waals surface area contributed by atoms with Crippen LogP contribution in [0.1, 0.15) is 20.3 Å². The van der Waals surface area contributed by atoms with E-state index < -0.39 is 0 Å². The molecule has 0 aromatic heterocycles. The average Bonchev–Trinajstić information content (AvgIpc) is 2.56. The Morgan fingerprint density at radius 1 is 1.62 bits per heavy atom. The van der Waals surface area contributed by atoms with E-state index in [1.165, 1.54) is 12.2 Å². The molecule has 2 heterocycles. The number of thioether (sulfide) groups is 1. The molecule has 4 heteroatoms. The number of cyclic esters (lactones) is 1. The van der Waals surface area contributed by atoms with Crippen LogP contribution in [0.25, 0.3) is 0 Å². The molecule has 2 rings (SSSR count). The average molecular weight is 201 g/mol. The maximum atomic E-state index is 10.9. The Kier molecular flexibility index (Phi) is 2.18. The second-order valence-corrected chi connectivity index (χ2v) is 5.95.